The average molecular weight is 236 g/mol. The molecule has 0 aliphatic heterocycles. The molecule has 0 bridgehead atoms. The first kappa shape index (κ1) is 13.5. The molecule has 0 radical (unpaired) electrons. The topological polar surface area (TPSA) is 61.4 Å². The molecular formula is C13H20N2O2. The van der Waals surface area contributed by atoms with Gasteiger partial charge in [0.1, 0.15) is 0 Å². The number of nitrogens with one attached hydrogen (secondary N) is 2. The first-order valence-corrected chi connectivity index (χ1v) is 5.65. The van der Waals surface area contributed by atoms with Gasteiger partial charge in [0.05, 0.1) is 6.61 Å². The molecule has 0 unspecified atom stereocenters. The fourth-order valence-corrected chi connectivity index (χ4v) is 1.33. The van der Waals surface area contributed by atoms with E-state index < -0.39 is 0 Å². The fraction of sp³-hybridized carbons (Fsp3) is 0.462. The Morgan fingerprint density at radius 2 is 1.71 bits per heavy atom. The van der Waals surface area contributed by atoms with Crippen LogP contribution in [0.4, 0.5) is 4.79 Å². The summed E-state index contributed by atoms with van der Waals surface area (Å²) in [5.41, 5.74) is 1.64. The van der Waals surface area contributed by atoms with Gasteiger partial charge in [0, 0.05) is 12.1 Å². The van der Waals surface area contributed by atoms with Crippen LogP contribution in [0.2, 0.25) is 0 Å². The van der Waals surface area contributed by atoms with Crippen molar-refractivity contribution in [3.05, 3.63) is 35.4 Å². The number of rotatable bonds is 3. The van der Waals surface area contributed by atoms with E-state index in [1.165, 1.54) is 0 Å². The predicted molar refractivity (Wildman–Crippen MR) is 67.5 cm³/mol. The lowest BCUT2D eigenvalue weighted by Gasteiger charge is -2.20. The Bertz CT molecular complexity index is 366. The molecule has 0 spiro atoms. The third-order valence-corrected chi connectivity index (χ3v) is 2.15. The molecule has 0 aromatic heterocycles. The molecule has 94 valence electrons. The maximum absolute atomic E-state index is 11.5. The standard InChI is InChI=1S/C13H20N2O2/c1-13(2,3)15-12(17)14-8-10-4-6-11(9-16)7-5-10/h4-7,16H,8-9H2,1-3H3,(H2,14,15,17). The van der Waals surface area contributed by atoms with Crippen LogP contribution in [-0.2, 0) is 13.2 Å². The third kappa shape index (κ3) is 5.36. The molecule has 3 N–H and O–H groups in total. The monoisotopic (exact) mass is 236 g/mol. The van der Waals surface area contributed by atoms with Crippen molar-refractivity contribution in [1.82, 2.24) is 10.6 Å². The lowest BCUT2D eigenvalue weighted by Crippen LogP contribution is -2.46. The van der Waals surface area contributed by atoms with Crippen LogP contribution in [0.1, 0.15) is 31.9 Å². The highest BCUT2D eigenvalue weighted by atomic mass is 16.3. The minimum absolute atomic E-state index is 0.0399. The summed E-state index contributed by atoms with van der Waals surface area (Å²) in [6, 6.07) is 7.30. The van der Waals surface area contributed by atoms with Crippen molar-refractivity contribution < 1.29 is 9.90 Å². The maximum Gasteiger partial charge on any atom is 0.315 e. The normalized spacial score (nSPS) is 11.1. The van der Waals surface area contributed by atoms with Crippen LogP contribution in [0, 0.1) is 0 Å². The average Bonchev–Trinajstić information content (AvgIpc) is 2.25. The zero-order chi connectivity index (χ0) is 12.9. The number of carbonyl (C=O) groups excluding carboxylic acids is 1. The van der Waals surface area contributed by atoms with E-state index in [0.717, 1.165) is 11.1 Å². The molecule has 0 saturated carbocycles. The van der Waals surface area contributed by atoms with Gasteiger partial charge in [0.25, 0.3) is 0 Å². The van der Waals surface area contributed by atoms with Crippen LogP contribution in [0.3, 0.4) is 0 Å². The van der Waals surface area contributed by atoms with Gasteiger partial charge in [-0.3, -0.25) is 0 Å². The lowest BCUT2D eigenvalue weighted by molar-refractivity contribution is 0.231. The summed E-state index contributed by atoms with van der Waals surface area (Å²) in [4.78, 5) is 11.5. The predicted octanol–water partition coefficient (Wildman–Crippen LogP) is 1.78. The summed E-state index contributed by atoms with van der Waals surface area (Å²) in [5, 5.41) is 14.5. The second kappa shape index (κ2) is 5.68. The minimum atomic E-state index is -0.231. The van der Waals surface area contributed by atoms with Crippen LogP contribution >= 0.6 is 0 Å². The number of aliphatic hydroxyl groups is 1. The van der Waals surface area contributed by atoms with Gasteiger partial charge in [-0.1, -0.05) is 24.3 Å². The molecule has 0 fully saturated rings. The number of hydrogen-bond acceptors (Lipinski definition) is 2. The quantitative estimate of drug-likeness (QED) is 0.749. The van der Waals surface area contributed by atoms with Crippen molar-refractivity contribution >= 4 is 6.03 Å². The van der Waals surface area contributed by atoms with E-state index in [1.54, 1.807) is 0 Å². The first-order chi connectivity index (χ1) is 7.90. The highest BCUT2D eigenvalue weighted by molar-refractivity contribution is 5.74. The highest BCUT2D eigenvalue weighted by Gasteiger charge is 2.12. The summed E-state index contributed by atoms with van der Waals surface area (Å²) >= 11 is 0. The Labute approximate surface area is 102 Å². The molecule has 17 heavy (non-hydrogen) atoms. The maximum atomic E-state index is 11.5. The summed E-state index contributed by atoms with van der Waals surface area (Å²) in [6.45, 7) is 6.32. The van der Waals surface area contributed by atoms with Gasteiger partial charge in [-0.2, -0.15) is 0 Å². The van der Waals surface area contributed by atoms with E-state index >= 15 is 0 Å². The Hall–Kier alpha value is -1.55. The smallest absolute Gasteiger partial charge is 0.315 e. The number of hydrogen-bond donors (Lipinski definition) is 3. The zero-order valence-electron chi connectivity index (χ0n) is 10.6. The molecule has 1 rings (SSSR count). The molecule has 2 amide bonds. The van der Waals surface area contributed by atoms with E-state index in [0.29, 0.717) is 6.54 Å². The largest absolute Gasteiger partial charge is 0.392 e. The molecule has 0 atom stereocenters. The van der Waals surface area contributed by atoms with Crippen LogP contribution in [-0.4, -0.2) is 16.7 Å². The second-order valence-corrected chi connectivity index (χ2v) is 5.03. The summed E-state index contributed by atoms with van der Waals surface area (Å²) in [6.07, 6.45) is 0. The zero-order valence-corrected chi connectivity index (χ0v) is 10.6. The number of carbonyl (C=O) groups is 1. The van der Waals surface area contributed by atoms with E-state index in [1.807, 2.05) is 45.0 Å². The van der Waals surface area contributed by atoms with Crippen molar-refractivity contribution in [3.8, 4) is 0 Å². The highest BCUT2D eigenvalue weighted by Crippen LogP contribution is 2.04. The Morgan fingerprint density at radius 1 is 1.18 bits per heavy atom. The number of amides is 2. The molecule has 1 aromatic carbocycles. The second-order valence-electron chi connectivity index (χ2n) is 5.03. The SMILES string of the molecule is CC(C)(C)NC(=O)NCc1ccc(CO)cc1. The summed E-state index contributed by atoms with van der Waals surface area (Å²) < 4.78 is 0. The Balaban J connectivity index is 2.42. The van der Waals surface area contributed by atoms with Gasteiger partial charge in [-0.25, -0.2) is 4.79 Å². The Kier molecular flexibility index (Phi) is 4.52. The molecule has 0 heterocycles. The molecule has 4 nitrogen and oxygen atoms in total. The van der Waals surface area contributed by atoms with Crippen LogP contribution < -0.4 is 10.6 Å². The summed E-state index contributed by atoms with van der Waals surface area (Å²) in [7, 11) is 0. The van der Waals surface area contributed by atoms with E-state index in [4.69, 9.17) is 5.11 Å². The van der Waals surface area contributed by atoms with E-state index in [2.05, 4.69) is 10.6 Å². The summed E-state index contributed by atoms with van der Waals surface area (Å²) in [5.74, 6) is 0. The minimum Gasteiger partial charge on any atom is -0.392 e. The van der Waals surface area contributed by atoms with Gasteiger partial charge in [-0.05, 0) is 31.9 Å². The van der Waals surface area contributed by atoms with E-state index in [9.17, 15) is 4.79 Å². The molecule has 1 aromatic rings. The van der Waals surface area contributed by atoms with Crippen LogP contribution in [0.5, 0.6) is 0 Å². The lowest BCUT2D eigenvalue weighted by atomic mass is 10.1. The third-order valence-electron chi connectivity index (χ3n) is 2.15. The van der Waals surface area contributed by atoms with Crippen LogP contribution in [0.15, 0.2) is 24.3 Å². The number of urea groups is 1. The number of aliphatic hydroxyl groups excluding tert-OH is 1. The van der Waals surface area contributed by atoms with Crippen molar-refractivity contribution in [2.24, 2.45) is 0 Å². The van der Waals surface area contributed by atoms with Gasteiger partial charge < -0.3 is 15.7 Å². The van der Waals surface area contributed by atoms with Crippen molar-refractivity contribution in [1.29, 1.82) is 0 Å². The fourth-order valence-electron chi connectivity index (χ4n) is 1.33. The van der Waals surface area contributed by atoms with Gasteiger partial charge in [0.15, 0.2) is 0 Å². The molecule has 4 heteroatoms. The van der Waals surface area contributed by atoms with Gasteiger partial charge in [0.2, 0.25) is 0 Å². The molecule has 0 aliphatic carbocycles. The molecule has 0 aliphatic rings. The molecular weight excluding hydrogens is 216 g/mol. The first-order valence-electron chi connectivity index (χ1n) is 5.65. The van der Waals surface area contributed by atoms with E-state index in [-0.39, 0.29) is 18.2 Å². The van der Waals surface area contributed by atoms with Gasteiger partial charge >= 0.3 is 6.03 Å². The van der Waals surface area contributed by atoms with Crippen molar-refractivity contribution in [2.75, 3.05) is 0 Å². The van der Waals surface area contributed by atoms with Crippen molar-refractivity contribution in [2.45, 2.75) is 39.5 Å². The number of benzene rings is 1. The Morgan fingerprint density at radius 3 is 2.18 bits per heavy atom. The van der Waals surface area contributed by atoms with Gasteiger partial charge in [-0.15, -0.1) is 0 Å². The molecule has 0 saturated heterocycles. The van der Waals surface area contributed by atoms with Crippen molar-refractivity contribution in [3.63, 3.8) is 0 Å². The van der Waals surface area contributed by atoms with Crippen LogP contribution in [0.25, 0.3) is 0 Å².